The Hall–Kier alpha value is -0.870. The average Bonchev–Trinajstić information content (AvgIpc) is 2.85. The molecule has 2 heterocycles. The second-order valence-corrected chi connectivity index (χ2v) is 7.30. The topological polar surface area (TPSA) is 32.3 Å². The maximum Gasteiger partial charge on any atom is 0.244 e. The van der Waals surface area contributed by atoms with Gasteiger partial charge in [0.2, 0.25) is 5.91 Å². The molecule has 0 spiro atoms. The fourth-order valence-electron chi connectivity index (χ4n) is 2.94. The molecule has 104 valence electrons. The van der Waals surface area contributed by atoms with E-state index in [-0.39, 0.29) is 12.1 Å². The number of aryl methyl sites for hydroxylation is 1. The molecule has 0 bridgehead atoms. The summed E-state index contributed by atoms with van der Waals surface area (Å²) in [5.74, 6) is 0.288. The van der Waals surface area contributed by atoms with Crippen LogP contribution in [0.5, 0.6) is 0 Å². The van der Waals surface area contributed by atoms with Crippen molar-refractivity contribution in [2.75, 3.05) is 0 Å². The Labute approximate surface area is 119 Å². The molecule has 1 aromatic heterocycles. The largest absolute Gasteiger partial charge is 0.317 e. The fraction of sp³-hybridized carbons (Fsp3) is 0.667. The van der Waals surface area contributed by atoms with Crippen molar-refractivity contribution in [2.24, 2.45) is 0 Å². The van der Waals surface area contributed by atoms with E-state index in [1.54, 1.807) is 11.3 Å². The van der Waals surface area contributed by atoms with Gasteiger partial charge in [-0.25, -0.2) is 0 Å². The molecule has 2 fully saturated rings. The molecule has 2 aliphatic rings. The maximum absolute atomic E-state index is 12.8. The van der Waals surface area contributed by atoms with Gasteiger partial charge >= 0.3 is 0 Å². The van der Waals surface area contributed by atoms with Crippen molar-refractivity contribution in [1.82, 2.24) is 10.2 Å². The molecule has 2 unspecified atom stereocenters. The zero-order valence-electron chi connectivity index (χ0n) is 11.9. The van der Waals surface area contributed by atoms with E-state index in [1.165, 1.54) is 16.2 Å². The first-order valence-electron chi connectivity index (χ1n) is 7.22. The first-order chi connectivity index (χ1) is 9.05. The van der Waals surface area contributed by atoms with Crippen LogP contribution in [-0.4, -0.2) is 22.4 Å². The number of nitrogens with one attached hydrogen (secondary N) is 1. The van der Waals surface area contributed by atoms with Gasteiger partial charge in [0.15, 0.2) is 0 Å². The van der Waals surface area contributed by atoms with Crippen LogP contribution in [0.4, 0.5) is 0 Å². The van der Waals surface area contributed by atoms with Crippen molar-refractivity contribution in [3.63, 3.8) is 0 Å². The maximum atomic E-state index is 12.8. The predicted molar refractivity (Wildman–Crippen MR) is 78.1 cm³/mol. The molecule has 0 radical (unpaired) electrons. The van der Waals surface area contributed by atoms with Crippen LogP contribution >= 0.6 is 11.3 Å². The van der Waals surface area contributed by atoms with Crippen molar-refractivity contribution < 1.29 is 4.79 Å². The molecular weight excluding hydrogens is 256 g/mol. The van der Waals surface area contributed by atoms with E-state index in [1.807, 2.05) is 6.92 Å². The highest BCUT2D eigenvalue weighted by Crippen LogP contribution is 2.41. The zero-order chi connectivity index (χ0) is 13.6. The van der Waals surface area contributed by atoms with E-state index in [0.717, 1.165) is 19.3 Å². The van der Waals surface area contributed by atoms with E-state index >= 15 is 0 Å². The molecule has 1 N–H and O–H groups in total. The van der Waals surface area contributed by atoms with Crippen LogP contribution in [0.1, 0.15) is 55.5 Å². The Morgan fingerprint density at radius 3 is 2.68 bits per heavy atom. The molecule has 1 aliphatic carbocycles. The Kier molecular flexibility index (Phi) is 3.18. The molecule has 3 nitrogen and oxygen atoms in total. The zero-order valence-corrected chi connectivity index (χ0v) is 12.7. The molecule has 4 heteroatoms. The molecule has 1 amide bonds. The van der Waals surface area contributed by atoms with Gasteiger partial charge < -0.3 is 4.90 Å². The number of amides is 1. The highest BCUT2D eigenvalue weighted by atomic mass is 32.1. The second kappa shape index (κ2) is 4.60. The molecule has 19 heavy (non-hydrogen) atoms. The Balaban J connectivity index is 1.94. The summed E-state index contributed by atoms with van der Waals surface area (Å²) >= 11 is 1.80. The summed E-state index contributed by atoms with van der Waals surface area (Å²) in [6, 6.07) is 4.76. The standard InChI is InChI=1S/C15H22N2OS/c1-4-15(3)14(18)17(11-6-5-7-11)13(16-15)12-9-8-10(2)19-12/h8-9,11,13,16H,4-7H2,1-3H3. The van der Waals surface area contributed by atoms with Crippen LogP contribution in [0, 0.1) is 6.92 Å². The second-order valence-electron chi connectivity index (χ2n) is 5.98. The van der Waals surface area contributed by atoms with Crippen LogP contribution in [0.15, 0.2) is 12.1 Å². The van der Waals surface area contributed by atoms with Crippen LogP contribution < -0.4 is 5.32 Å². The van der Waals surface area contributed by atoms with Gasteiger partial charge in [0.25, 0.3) is 0 Å². The highest BCUT2D eigenvalue weighted by Gasteiger charge is 2.50. The van der Waals surface area contributed by atoms with Crippen molar-refractivity contribution in [3.05, 3.63) is 21.9 Å². The predicted octanol–water partition coefficient (Wildman–Crippen LogP) is 3.21. The van der Waals surface area contributed by atoms with Crippen LogP contribution in [0.2, 0.25) is 0 Å². The van der Waals surface area contributed by atoms with Crippen molar-refractivity contribution in [3.8, 4) is 0 Å². The van der Waals surface area contributed by atoms with Gasteiger partial charge in [-0.3, -0.25) is 10.1 Å². The third-order valence-electron chi connectivity index (χ3n) is 4.65. The van der Waals surface area contributed by atoms with Gasteiger partial charge in [0.05, 0.1) is 5.54 Å². The normalized spacial score (nSPS) is 31.8. The Morgan fingerprint density at radius 2 is 2.21 bits per heavy atom. The van der Waals surface area contributed by atoms with Gasteiger partial charge in [-0.05, 0) is 51.7 Å². The van der Waals surface area contributed by atoms with Crippen LogP contribution in [0.3, 0.4) is 0 Å². The lowest BCUT2D eigenvalue weighted by Gasteiger charge is -2.38. The van der Waals surface area contributed by atoms with Crippen molar-refractivity contribution >= 4 is 17.2 Å². The molecule has 3 rings (SSSR count). The minimum Gasteiger partial charge on any atom is -0.317 e. The van der Waals surface area contributed by atoms with Gasteiger partial charge in [0.1, 0.15) is 6.17 Å². The number of carbonyl (C=O) groups is 1. The van der Waals surface area contributed by atoms with Gasteiger partial charge in [-0.2, -0.15) is 0 Å². The number of hydrogen-bond donors (Lipinski definition) is 1. The molecule has 0 aromatic carbocycles. The summed E-state index contributed by atoms with van der Waals surface area (Å²) in [5.41, 5.74) is -0.391. The molecule has 1 saturated heterocycles. The number of nitrogens with zero attached hydrogens (tertiary/aromatic N) is 1. The first kappa shape index (κ1) is 13.1. The lowest BCUT2D eigenvalue weighted by atomic mass is 9.90. The van der Waals surface area contributed by atoms with Gasteiger partial charge in [-0.15, -0.1) is 11.3 Å². The van der Waals surface area contributed by atoms with E-state index < -0.39 is 5.54 Å². The number of hydrogen-bond acceptors (Lipinski definition) is 3. The number of rotatable bonds is 3. The molecular formula is C15H22N2OS. The summed E-state index contributed by atoms with van der Waals surface area (Å²) in [5, 5.41) is 3.58. The lowest BCUT2D eigenvalue weighted by molar-refractivity contribution is -0.136. The molecule has 1 aromatic rings. The highest BCUT2D eigenvalue weighted by molar-refractivity contribution is 7.12. The number of carbonyl (C=O) groups excluding carboxylic acids is 1. The Morgan fingerprint density at radius 1 is 1.47 bits per heavy atom. The Bertz CT molecular complexity index is 494. The van der Waals surface area contributed by atoms with Gasteiger partial charge in [-0.1, -0.05) is 6.92 Å². The number of thiophene rings is 1. The minimum atomic E-state index is -0.391. The van der Waals surface area contributed by atoms with Crippen molar-refractivity contribution in [1.29, 1.82) is 0 Å². The molecule has 1 saturated carbocycles. The van der Waals surface area contributed by atoms with Crippen molar-refractivity contribution in [2.45, 2.75) is 64.2 Å². The summed E-state index contributed by atoms with van der Waals surface area (Å²) in [6.45, 7) is 6.25. The molecule has 1 aliphatic heterocycles. The summed E-state index contributed by atoms with van der Waals surface area (Å²) in [4.78, 5) is 17.5. The SMILES string of the molecule is CCC1(C)NC(c2ccc(C)s2)N(C2CCC2)C1=O. The lowest BCUT2D eigenvalue weighted by Crippen LogP contribution is -2.46. The van der Waals surface area contributed by atoms with E-state index in [0.29, 0.717) is 6.04 Å². The molecule has 2 atom stereocenters. The minimum absolute atomic E-state index is 0.0847. The third-order valence-corrected chi connectivity index (χ3v) is 5.70. The third kappa shape index (κ3) is 2.01. The van der Waals surface area contributed by atoms with E-state index in [2.05, 4.69) is 36.2 Å². The first-order valence-corrected chi connectivity index (χ1v) is 8.03. The quantitative estimate of drug-likeness (QED) is 0.921. The summed E-state index contributed by atoms with van der Waals surface area (Å²) in [7, 11) is 0. The summed E-state index contributed by atoms with van der Waals surface area (Å²) < 4.78 is 0. The van der Waals surface area contributed by atoms with Crippen LogP contribution in [0.25, 0.3) is 0 Å². The van der Waals surface area contributed by atoms with E-state index in [4.69, 9.17) is 0 Å². The van der Waals surface area contributed by atoms with E-state index in [9.17, 15) is 4.79 Å². The monoisotopic (exact) mass is 278 g/mol. The fourth-order valence-corrected chi connectivity index (χ4v) is 3.87. The van der Waals surface area contributed by atoms with Gasteiger partial charge in [0, 0.05) is 15.8 Å². The smallest absolute Gasteiger partial charge is 0.244 e. The summed E-state index contributed by atoms with van der Waals surface area (Å²) in [6.07, 6.45) is 4.51. The average molecular weight is 278 g/mol. The van der Waals surface area contributed by atoms with Crippen LogP contribution in [-0.2, 0) is 4.79 Å².